The molecule has 0 radical (unpaired) electrons. The predicted molar refractivity (Wildman–Crippen MR) is 99.2 cm³/mol. The van der Waals surface area contributed by atoms with E-state index in [2.05, 4.69) is 54.5 Å². The molecule has 0 fully saturated rings. The molecule has 0 aliphatic carbocycles. The summed E-state index contributed by atoms with van der Waals surface area (Å²) in [6, 6.07) is 8.23. The van der Waals surface area contributed by atoms with Gasteiger partial charge in [0.15, 0.2) is 0 Å². The van der Waals surface area contributed by atoms with Gasteiger partial charge in [-0.1, -0.05) is 39.3 Å². The van der Waals surface area contributed by atoms with Crippen LogP contribution in [-0.4, -0.2) is 62.2 Å². The fraction of sp³-hybridized carbons (Fsp3) is 0.667. The monoisotopic (exact) mass is 325 g/mol. The Balaban J connectivity index is 2.69. The molecule has 1 aromatic carbocycles. The van der Waals surface area contributed by atoms with E-state index < -0.39 is 0 Å². The van der Waals surface area contributed by atoms with E-state index in [4.69, 9.17) is 11.6 Å². The third-order valence-corrected chi connectivity index (χ3v) is 4.60. The zero-order valence-electron chi connectivity index (χ0n) is 14.7. The number of rotatable bonds is 11. The SMILES string of the molecule is CCN(CC)CCN(CCN(CC)CC)c1ccc(Cl)cc1. The van der Waals surface area contributed by atoms with E-state index in [1.807, 2.05) is 12.1 Å². The number of hydrogen-bond donors (Lipinski definition) is 0. The van der Waals surface area contributed by atoms with Crippen LogP contribution in [-0.2, 0) is 0 Å². The van der Waals surface area contributed by atoms with Gasteiger partial charge in [-0.15, -0.1) is 0 Å². The molecule has 0 unspecified atom stereocenters. The highest BCUT2D eigenvalue weighted by molar-refractivity contribution is 6.30. The first kappa shape index (κ1) is 19.3. The van der Waals surface area contributed by atoms with Crippen LogP contribution < -0.4 is 4.90 Å². The molecule has 0 atom stereocenters. The van der Waals surface area contributed by atoms with Crippen molar-refractivity contribution in [1.29, 1.82) is 0 Å². The third-order valence-electron chi connectivity index (χ3n) is 4.35. The highest BCUT2D eigenvalue weighted by Gasteiger charge is 2.10. The van der Waals surface area contributed by atoms with Crippen molar-refractivity contribution in [3.05, 3.63) is 29.3 Å². The standard InChI is InChI=1S/C18H32ClN3/c1-5-20(6-2)13-15-22(16-14-21(7-3)8-4)18-11-9-17(19)10-12-18/h9-12H,5-8,13-16H2,1-4H3. The van der Waals surface area contributed by atoms with Gasteiger partial charge in [-0.25, -0.2) is 0 Å². The molecule has 0 saturated heterocycles. The lowest BCUT2D eigenvalue weighted by molar-refractivity contribution is 0.294. The summed E-state index contributed by atoms with van der Waals surface area (Å²) in [5.74, 6) is 0. The molecule has 22 heavy (non-hydrogen) atoms. The van der Waals surface area contributed by atoms with Crippen LogP contribution in [0.1, 0.15) is 27.7 Å². The second kappa shape index (κ2) is 10.9. The fourth-order valence-electron chi connectivity index (χ4n) is 2.63. The van der Waals surface area contributed by atoms with Gasteiger partial charge in [-0.3, -0.25) is 0 Å². The van der Waals surface area contributed by atoms with Crippen molar-refractivity contribution in [3.63, 3.8) is 0 Å². The molecule has 0 aromatic heterocycles. The molecule has 0 N–H and O–H groups in total. The molecule has 0 saturated carbocycles. The fourth-order valence-corrected chi connectivity index (χ4v) is 2.75. The van der Waals surface area contributed by atoms with Crippen molar-refractivity contribution in [2.24, 2.45) is 0 Å². The number of benzene rings is 1. The molecule has 0 aliphatic heterocycles. The van der Waals surface area contributed by atoms with Gasteiger partial charge < -0.3 is 14.7 Å². The van der Waals surface area contributed by atoms with E-state index in [-0.39, 0.29) is 0 Å². The summed E-state index contributed by atoms with van der Waals surface area (Å²) in [7, 11) is 0. The zero-order valence-corrected chi connectivity index (χ0v) is 15.4. The van der Waals surface area contributed by atoms with E-state index in [0.29, 0.717) is 0 Å². The summed E-state index contributed by atoms with van der Waals surface area (Å²) in [6.07, 6.45) is 0. The van der Waals surface area contributed by atoms with Crippen molar-refractivity contribution in [2.75, 3.05) is 57.3 Å². The van der Waals surface area contributed by atoms with E-state index in [1.54, 1.807) is 0 Å². The Morgan fingerprint density at radius 2 is 1.09 bits per heavy atom. The van der Waals surface area contributed by atoms with Crippen LogP contribution in [0.4, 0.5) is 5.69 Å². The minimum absolute atomic E-state index is 0.802. The molecule has 126 valence electrons. The Morgan fingerprint density at radius 3 is 1.45 bits per heavy atom. The van der Waals surface area contributed by atoms with Crippen molar-refractivity contribution < 1.29 is 0 Å². The molecule has 0 heterocycles. The van der Waals surface area contributed by atoms with Gasteiger partial charge in [0.2, 0.25) is 0 Å². The topological polar surface area (TPSA) is 9.72 Å². The average Bonchev–Trinajstić information content (AvgIpc) is 2.55. The van der Waals surface area contributed by atoms with Gasteiger partial charge in [0.05, 0.1) is 0 Å². The van der Waals surface area contributed by atoms with Gasteiger partial charge >= 0.3 is 0 Å². The van der Waals surface area contributed by atoms with Crippen molar-refractivity contribution >= 4 is 17.3 Å². The van der Waals surface area contributed by atoms with Gasteiger partial charge in [0.25, 0.3) is 0 Å². The van der Waals surface area contributed by atoms with Crippen LogP contribution in [0.5, 0.6) is 0 Å². The van der Waals surface area contributed by atoms with Crippen molar-refractivity contribution in [3.8, 4) is 0 Å². The molecular formula is C18H32ClN3. The second-order valence-corrected chi connectivity index (χ2v) is 5.95. The molecule has 1 rings (SSSR count). The van der Waals surface area contributed by atoms with Crippen LogP contribution in [0.2, 0.25) is 5.02 Å². The maximum atomic E-state index is 6.03. The summed E-state index contributed by atoms with van der Waals surface area (Å²) >= 11 is 6.03. The molecule has 0 amide bonds. The van der Waals surface area contributed by atoms with E-state index in [9.17, 15) is 0 Å². The van der Waals surface area contributed by atoms with Gasteiger partial charge in [-0.2, -0.15) is 0 Å². The number of hydrogen-bond acceptors (Lipinski definition) is 3. The Kier molecular flexibility index (Phi) is 9.53. The minimum atomic E-state index is 0.802. The van der Waals surface area contributed by atoms with Gasteiger partial charge in [-0.05, 0) is 50.4 Å². The lowest BCUT2D eigenvalue weighted by Crippen LogP contribution is -2.39. The first-order valence-electron chi connectivity index (χ1n) is 8.59. The number of anilines is 1. The Bertz CT molecular complexity index is 370. The van der Waals surface area contributed by atoms with Gasteiger partial charge in [0, 0.05) is 36.9 Å². The van der Waals surface area contributed by atoms with Crippen molar-refractivity contribution in [2.45, 2.75) is 27.7 Å². The highest BCUT2D eigenvalue weighted by atomic mass is 35.5. The Labute approximate surface area is 141 Å². The smallest absolute Gasteiger partial charge is 0.0407 e. The maximum Gasteiger partial charge on any atom is 0.0407 e. The molecule has 4 heteroatoms. The normalized spacial score (nSPS) is 11.4. The minimum Gasteiger partial charge on any atom is -0.369 e. The summed E-state index contributed by atoms with van der Waals surface area (Å²) in [6.45, 7) is 17.7. The largest absolute Gasteiger partial charge is 0.369 e. The maximum absolute atomic E-state index is 6.03. The summed E-state index contributed by atoms with van der Waals surface area (Å²) < 4.78 is 0. The van der Waals surface area contributed by atoms with E-state index >= 15 is 0 Å². The van der Waals surface area contributed by atoms with Crippen molar-refractivity contribution in [1.82, 2.24) is 9.80 Å². The Morgan fingerprint density at radius 1 is 0.682 bits per heavy atom. The summed E-state index contributed by atoms with van der Waals surface area (Å²) in [5, 5.41) is 0.802. The van der Waals surface area contributed by atoms with Crippen LogP contribution in [0, 0.1) is 0 Å². The van der Waals surface area contributed by atoms with E-state index in [0.717, 1.165) is 57.4 Å². The highest BCUT2D eigenvalue weighted by Crippen LogP contribution is 2.18. The van der Waals surface area contributed by atoms with Crippen LogP contribution >= 0.6 is 11.6 Å². The average molecular weight is 326 g/mol. The van der Waals surface area contributed by atoms with E-state index in [1.165, 1.54) is 5.69 Å². The summed E-state index contributed by atoms with van der Waals surface area (Å²) in [4.78, 5) is 7.42. The first-order chi connectivity index (χ1) is 10.6. The molecular weight excluding hydrogens is 294 g/mol. The molecule has 1 aromatic rings. The number of halogens is 1. The molecule has 0 aliphatic rings. The quantitative estimate of drug-likeness (QED) is 0.612. The van der Waals surface area contributed by atoms with Crippen LogP contribution in [0.15, 0.2) is 24.3 Å². The Hall–Kier alpha value is -0.770. The molecule has 3 nitrogen and oxygen atoms in total. The number of nitrogens with zero attached hydrogens (tertiary/aromatic N) is 3. The number of likely N-dealkylation sites (N-methyl/N-ethyl adjacent to an activating group) is 2. The molecule has 0 spiro atoms. The predicted octanol–water partition coefficient (Wildman–Crippen LogP) is 3.83. The molecule has 0 bridgehead atoms. The first-order valence-corrected chi connectivity index (χ1v) is 8.97. The third kappa shape index (κ3) is 6.55. The second-order valence-electron chi connectivity index (χ2n) is 5.52. The van der Waals surface area contributed by atoms with Crippen LogP contribution in [0.3, 0.4) is 0 Å². The lowest BCUT2D eigenvalue weighted by Gasteiger charge is -2.30. The zero-order chi connectivity index (χ0) is 16.4. The lowest BCUT2D eigenvalue weighted by atomic mass is 10.2. The van der Waals surface area contributed by atoms with Crippen LogP contribution in [0.25, 0.3) is 0 Å². The van der Waals surface area contributed by atoms with Gasteiger partial charge in [0.1, 0.15) is 0 Å². The summed E-state index contributed by atoms with van der Waals surface area (Å²) in [5.41, 5.74) is 1.27.